The molecule has 1 amide bonds. The Hall–Kier alpha value is -4.19. The second-order valence-corrected chi connectivity index (χ2v) is 14.0. The van der Waals surface area contributed by atoms with Gasteiger partial charge >= 0.3 is 12.1 Å². The molecule has 2 aromatic heterocycles. The second kappa shape index (κ2) is 11.8. The van der Waals surface area contributed by atoms with Crippen molar-refractivity contribution in [2.24, 2.45) is 0 Å². The Kier molecular flexibility index (Phi) is 7.89. The highest BCUT2D eigenvalue weighted by Gasteiger charge is 2.45. The number of carbonyl (C=O) groups excluding carboxylic acids is 1. The molecule has 3 saturated heterocycles. The minimum absolute atomic E-state index is 0.00933. The number of benzene rings is 2. The molecule has 3 aliphatic heterocycles. The Morgan fingerprint density at radius 3 is 2.55 bits per heavy atom. The number of likely N-dealkylation sites (tertiary alicyclic amines) is 1. The highest BCUT2D eigenvalue weighted by molar-refractivity contribution is 5.99. The summed E-state index contributed by atoms with van der Waals surface area (Å²) < 4.78 is 57.6. The van der Waals surface area contributed by atoms with E-state index in [-0.39, 0.29) is 51.2 Å². The van der Waals surface area contributed by atoms with E-state index < -0.39 is 23.1 Å². The molecule has 2 aromatic carbocycles. The van der Waals surface area contributed by atoms with Crippen molar-refractivity contribution in [3.05, 3.63) is 54.0 Å². The smallest absolute Gasteiger partial charge is 0.410 e. The number of fused-ring (bicyclic) bond motifs is 3. The summed E-state index contributed by atoms with van der Waals surface area (Å²) in [6, 6.07) is 6.57. The fraction of sp³-hybridized carbons (Fsp3) is 0.486. The fourth-order valence-electron chi connectivity index (χ4n) is 7.44. The molecule has 7 rings (SSSR count). The minimum Gasteiger partial charge on any atom is -0.461 e. The summed E-state index contributed by atoms with van der Waals surface area (Å²) in [6.07, 6.45) is 5.99. The van der Waals surface area contributed by atoms with E-state index in [1.807, 2.05) is 32.7 Å². The van der Waals surface area contributed by atoms with Crippen molar-refractivity contribution in [2.75, 3.05) is 44.7 Å². The van der Waals surface area contributed by atoms with Crippen molar-refractivity contribution in [1.29, 1.82) is 0 Å². The first kappa shape index (κ1) is 31.4. The van der Waals surface area contributed by atoms with Crippen LogP contribution in [0, 0.1) is 17.5 Å². The number of hydrogen-bond acceptors (Lipinski definition) is 8. The average molecular weight is 649 g/mol. The van der Waals surface area contributed by atoms with Gasteiger partial charge in [-0.3, -0.25) is 9.88 Å². The Labute approximate surface area is 271 Å². The topological polar surface area (TPSA) is 83.9 Å². The first-order chi connectivity index (χ1) is 22.4. The third kappa shape index (κ3) is 5.81. The van der Waals surface area contributed by atoms with E-state index in [2.05, 4.69) is 14.9 Å². The number of nitrogens with zero attached hydrogens (tertiary/aromatic N) is 6. The van der Waals surface area contributed by atoms with Gasteiger partial charge in [0.25, 0.3) is 0 Å². The standard InChI is InChI=1S/C35H39F3N6O3/c1-34(2,3)47-33(45)43-15-10-22(19-43)42(4)31-26-18-39-29(24-9-5-8-23-25(24)16-21(36)17-27(23)37)28(38)30(26)40-32(41-31)46-20-35-11-6-13-44(35)14-7-12-35/h5,8-9,16-18,22H,6-7,10-15,19-20H2,1-4H3/t22-/m1/s1. The van der Waals surface area contributed by atoms with Gasteiger partial charge < -0.3 is 19.3 Å². The molecule has 9 nitrogen and oxygen atoms in total. The zero-order valence-electron chi connectivity index (χ0n) is 27.2. The van der Waals surface area contributed by atoms with Gasteiger partial charge in [0.05, 0.1) is 10.9 Å². The summed E-state index contributed by atoms with van der Waals surface area (Å²) in [5.74, 6) is -1.84. The number of hydrogen-bond donors (Lipinski definition) is 0. The van der Waals surface area contributed by atoms with Gasteiger partial charge in [-0.1, -0.05) is 18.2 Å². The van der Waals surface area contributed by atoms with Crippen LogP contribution in [-0.2, 0) is 4.74 Å². The lowest BCUT2D eigenvalue weighted by molar-refractivity contribution is 0.0292. The largest absolute Gasteiger partial charge is 0.461 e. The quantitative estimate of drug-likeness (QED) is 0.228. The molecule has 248 valence electrons. The molecule has 0 radical (unpaired) electrons. The van der Waals surface area contributed by atoms with Crippen molar-refractivity contribution in [3.63, 3.8) is 0 Å². The maximum absolute atomic E-state index is 16.7. The van der Waals surface area contributed by atoms with E-state index in [4.69, 9.17) is 14.5 Å². The number of aromatic nitrogens is 3. The van der Waals surface area contributed by atoms with E-state index in [0.717, 1.165) is 44.8 Å². The van der Waals surface area contributed by atoms with Gasteiger partial charge in [-0.05, 0) is 77.4 Å². The van der Waals surface area contributed by atoms with Gasteiger partial charge in [-0.2, -0.15) is 9.97 Å². The number of halogens is 3. The molecule has 0 spiro atoms. The molecule has 0 aliphatic carbocycles. The Morgan fingerprint density at radius 1 is 1.04 bits per heavy atom. The van der Waals surface area contributed by atoms with Crippen molar-refractivity contribution in [3.8, 4) is 17.3 Å². The lowest BCUT2D eigenvalue weighted by Crippen LogP contribution is -2.43. The summed E-state index contributed by atoms with van der Waals surface area (Å²) in [5.41, 5.74) is -0.550. The highest BCUT2D eigenvalue weighted by Crippen LogP contribution is 2.40. The van der Waals surface area contributed by atoms with Crippen LogP contribution >= 0.6 is 0 Å². The zero-order chi connectivity index (χ0) is 33.1. The number of ether oxygens (including phenoxy) is 2. The molecule has 47 heavy (non-hydrogen) atoms. The molecule has 5 heterocycles. The van der Waals surface area contributed by atoms with Crippen LogP contribution in [0.1, 0.15) is 52.9 Å². The van der Waals surface area contributed by atoms with Crippen LogP contribution in [0.3, 0.4) is 0 Å². The first-order valence-corrected chi connectivity index (χ1v) is 16.3. The van der Waals surface area contributed by atoms with Gasteiger partial charge in [0.2, 0.25) is 0 Å². The van der Waals surface area contributed by atoms with Gasteiger partial charge in [0, 0.05) is 49.4 Å². The molecule has 0 N–H and O–H groups in total. The number of pyridine rings is 1. The minimum atomic E-state index is -0.769. The lowest BCUT2D eigenvalue weighted by atomic mass is 9.95. The zero-order valence-corrected chi connectivity index (χ0v) is 27.2. The van der Waals surface area contributed by atoms with Gasteiger partial charge in [0.15, 0.2) is 5.82 Å². The maximum Gasteiger partial charge on any atom is 0.410 e. The number of carbonyl (C=O) groups is 1. The van der Waals surface area contributed by atoms with Gasteiger partial charge in [-0.15, -0.1) is 0 Å². The Bertz CT molecular complexity index is 1850. The van der Waals surface area contributed by atoms with Crippen molar-refractivity contribution in [1.82, 2.24) is 24.8 Å². The van der Waals surface area contributed by atoms with E-state index >= 15 is 4.39 Å². The third-order valence-electron chi connectivity index (χ3n) is 9.79. The van der Waals surface area contributed by atoms with Crippen LogP contribution in [0.15, 0.2) is 36.5 Å². The molecule has 0 saturated carbocycles. The third-order valence-corrected chi connectivity index (χ3v) is 9.79. The SMILES string of the molecule is CN(c1nc(OCC23CCCN2CCC3)nc2c(F)c(-c3cccc4c(F)cc(F)cc34)ncc12)[C@@H]1CCN(C(=O)OC(C)(C)C)C1. The van der Waals surface area contributed by atoms with Gasteiger partial charge in [-0.25, -0.2) is 18.0 Å². The summed E-state index contributed by atoms with van der Waals surface area (Å²) >= 11 is 0. The number of anilines is 1. The molecular weight excluding hydrogens is 609 g/mol. The second-order valence-electron chi connectivity index (χ2n) is 14.0. The number of rotatable bonds is 6. The predicted octanol–water partition coefficient (Wildman–Crippen LogP) is 6.72. The van der Waals surface area contributed by atoms with Crippen LogP contribution < -0.4 is 9.64 Å². The summed E-state index contributed by atoms with van der Waals surface area (Å²) in [4.78, 5) is 32.7. The van der Waals surface area contributed by atoms with Crippen LogP contribution in [0.4, 0.5) is 23.8 Å². The Balaban J connectivity index is 1.29. The number of amides is 1. The maximum atomic E-state index is 16.7. The lowest BCUT2D eigenvalue weighted by Gasteiger charge is -2.31. The van der Waals surface area contributed by atoms with Gasteiger partial charge in [0.1, 0.15) is 40.9 Å². The van der Waals surface area contributed by atoms with Crippen LogP contribution in [0.5, 0.6) is 6.01 Å². The fourth-order valence-corrected chi connectivity index (χ4v) is 7.44. The molecule has 0 unspecified atom stereocenters. The highest BCUT2D eigenvalue weighted by atomic mass is 19.1. The molecule has 3 fully saturated rings. The summed E-state index contributed by atoms with van der Waals surface area (Å²) in [7, 11) is 1.85. The normalized spacial score (nSPS) is 19.5. The monoisotopic (exact) mass is 648 g/mol. The van der Waals surface area contributed by atoms with Crippen LogP contribution in [-0.4, -0.2) is 87.9 Å². The van der Waals surface area contributed by atoms with Crippen molar-refractivity contribution >= 4 is 33.6 Å². The van der Waals surface area contributed by atoms with E-state index in [1.165, 1.54) is 18.3 Å². The predicted molar refractivity (Wildman–Crippen MR) is 173 cm³/mol. The molecule has 4 aromatic rings. The van der Waals surface area contributed by atoms with E-state index in [0.29, 0.717) is 37.3 Å². The molecule has 3 aliphatic rings. The van der Waals surface area contributed by atoms with Crippen LogP contribution in [0.2, 0.25) is 0 Å². The molecule has 12 heteroatoms. The molecular formula is C35H39F3N6O3. The molecule has 1 atom stereocenters. The van der Waals surface area contributed by atoms with E-state index in [1.54, 1.807) is 17.0 Å². The van der Waals surface area contributed by atoms with E-state index in [9.17, 15) is 13.6 Å². The van der Waals surface area contributed by atoms with Crippen molar-refractivity contribution in [2.45, 2.75) is 70.1 Å². The average Bonchev–Trinajstić information content (AvgIpc) is 3.76. The molecule has 0 bridgehead atoms. The summed E-state index contributed by atoms with van der Waals surface area (Å²) in [6.45, 7) is 8.83. The number of likely N-dealkylation sites (N-methyl/N-ethyl adjacent to an activating group) is 1. The van der Waals surface area contributed by atoms with Crippen LogP contribution in [0.25, 0.3) is 32.9 Å². The summed E-state index contributed by atoms with van der Waals surface area (Å²) in [5, 5.41) is 0.717. The Morgan fingerprint density at radius 2 is 1.81 bits per heavy atom. The first-order valence-electron chi connectivity index (χ1n) is 16.3. The van der Waals surface area contributed by atoms with Crippen molar-refractivity contribution < 1.29 is 27.4 Å².